The van der Waals surface area contributed by atoms with Crippen LogP contribution in [-0.2, 0) is 11.3 Å². The molecule has 0 N–H and O–H groups in total. The fraction of sp³-hybridized carbons (Fsp3) is 0.286. The molecule has 4 heterocycles. The first-order valence-electron chi connectivity index (χ1n) is 9.50. The van der Waals surface area contributed by atoms with Gasteiger partial charge >= 0.3 is 0 Å². The van der Waals surface area contributed by atoms with Gasteiger partial charge in [0.15, 0.2) is 0 Å². The SMILES string of the molecule is COc1ccc(Cl)cc1N1C(=O)[C@@H]2C[C@H]1CN2Cc1cccn1-c1ncccn1. The summed E-state index contributed by atoms with van der Waals surface area (Å²) >= 11 is 6.18. The minimum atomic E-state index is -0.149. The molecule has 2 aromatic heterocycles. The van der Waals surface area contributed by atoms with Crippen LogP contribution in [0.1, 0.15) is 12.1 Å². The van der Waals surface area contributed by atoms with Crippen molar-refractivity contribution in [2.45, 2.75) is 25.0 Å². The molecule has 0 aliphatic carbocycles. The Labute approximate surface area is 173 Å². The zero-order chi connectivity index (χ0) is 20.0. The second kappa shape index (κ2) is 7.17. The minimum Gasteiger partial charge on any atom is -0.495 e. The number of nitrogens with zero attached hydrogens (tertiary/aromatic N) is 5. The van der Waals surface area contributed by atoms with Gasteiger partial charge in [-0.2, -0.15) is 0 Å². The molecule has 0 radical (unpaired) electrons. The largest absolute Gasteiger partial charge is 0.495 e. The molecule has 0 spiro atoms. The van der Waals surface area contributed by atoms with E-state index < -0.39 is 0 Å². The molecule has 1 amide bonds. The van der Waals surface area contributed by atoms with Crippen LogP contribution >= 0.6 is 11.6 Å². The Balaban J connectivity index is 1.38. The van der Waals surface area contributed by atoms with Crippen LogP contribution in [0.25, 0.3) is 5.95 Å². The third-order valence-electron chi connectivity index (χ3n) is 5.64. The predicted octanol–water partition coefficient (Wildman–Crippen LogP) is 2.92. The number of halogens is 1. The predicted molar refractivity (Wildman–Crippen MR) is 109 cm³/mol. The van der Waals surface area contributed by atoms with Gasteiger partial charge in [-0.3, -0.25) is 14.3 Å². The lowest BCUT2D eigenvalue weighted by molar-refractivity contribution is -0.122. The van der Waals surface area contributed by atoms with Crippen molar-refractivity contribution in [2.75, 3.05) is 18.6 Å². The number of carbonyl (C=O) groups excluding carboxylic acids is 1. The van der Waals surface area contributed by atoms with Crippen LogP contribution in [0.5, 0.6) is 5.75 Å². The van der Waals surface area contributed by atoms with Gasteiger partial charge in [-0.1, -0.05) is 11.6 Å². The van der Waals surface area contributed by atoms with Gasteiger partial charge in [-0.25, -0.2) is 9.97 Å². The number of hydrogen-bond donors (Lipinski definition) is 0. The number of benzene rings is 1. The van der Waals surface area contributed by atoms with E-state index in [1.165, 1.54) is 0 Å². The maximum absolute atomic E-state index is 13.2. The van der Waals surface area contributed by atoms with Crippen LogP contribution in [-0.4, -0.2) is 51.1 Å². The highest BCUT2D eigenvalue weighted by atomic mass is 35.5. The van der Waals surface area contributed by atoms with Gasteiger partial charge in [-0.05, 0) is 42.8 Å². The molecule has 29 heavy (non-hydrogen) atoms. The Morgan fingerprint density at radius 1 is 1.21 bits per heavy atom. The summed E-state index contributed by atoms with van der Waals surface area (Å²) in [5, 5.41) is 0.592. The second-order valence-electron chi connectivity index (χ2n) is 7.28. The molecule has 2 aliphatic rings. The van der Waals surface area contributed by atoms with E-state index in [0.717, 1.165) is 24.3 Å². The third-order valence-corrected chi connectivity index (χ3v) is 5.87. The van der Waals surface area contributed by atoms with E-state index >= 15 is 0 Å². The highest BCUT2D eigenvalue weighted by Gasteiger charge is 2.50. The van der Waals surface area contributed by atoms with Crippen molar-refractivity contribution in [3.63, 3.8) is 0 Å². The number of ether oxygens (including phenoxy) is 1. The monoisotopic (exact) mass is 409 g/mol. The first-order chi connectivity index (χ1) is 14.2. The zero-order valence-electron chi connectivity index (χ0n) is 15.9. The molecule has 2 saturated heterocycles. The number of hydrogen-bond acceptors (Lipinski definition) is 5. The van der Waals surface area contributed by atoms with E-state index in [-0.39, 0.29) is 18.0 Å². The summed E-state index contributed by atoms with van der Waals surface area (Å²) in [4.78, 5) is 25.9. The van der Waals surface area contributed by atoms with Crippen LogP contribution < -0.4 is 9.64 Å². The van der Waals surface area contributed by atoms with Gasteiger partial charge in [0.1, 0.15) is 5.75 Å². The maximum atomic E-state index is 13.2. The molecule has 5 rings (SSSR count). The van der Waals surface area contributed by atoms with Gasteiger partial charge in [0, 0.05) is 42.4 Å². The quantitative estimate of drug-likeness (QED) is 0.648. The molecular formula is C21H20ClN5O2. The molecule has 3 aromatic rings. The van der Waals surface area contributed by atoms with E-state index in [1.54, 1.807) is 43.8 Å². The van der Waals surface area contributed by atoms with E-state index in [9.17, 15) is 4.79 Å². The van der Waals surface area contributed by atoms with Crippen molar-refractivity contribution in [1.29, 1.82) is 0 Å². The normalized spacial score (nSPS) is 21.2. The van der Waals surface area contributed by atoms with Crippen molar-refractivity contribution in [3.05, 3.63) is 65.7 Å². The number of anilines is 1. The average molecular weight is 410 g/mol. The molecule has 0 unspecified atom stereocenters. The average Bonchev–Trinajstić information content (AvgIpc) is 3.44. The number of carbonyl (C=O) groups is 1. The van der Waals surface area contributed by atoms with E-state index in [0.29, 0.717) is 23.3 Å². The molecule has 2 bridgehead atoms. The Kier molecular flexibility index (Phi) is 4.49. The summed E-state index contributed by atoms with van der Waals surface area (Å²) in [6.45, 7) is 1.46. The third kappa shape index (κ3) is 3.07. The lowest BCUT2D eigenvalue weighted by atomic mass is 10.2. The van der Waals surface area contributed by atoms with Crippen molar-refractivity contribution in [1.82, 2.24) is 19.4 Å². The lowest BCUT2D eigenvalue weighted by Crippen LogP contribution is -2.50. The number of aromatic nitrogens is 3. The fourth-order valence-electron chi connectivity index (χ4n) is 4.37. The Bertz CT molecular complexity index is 1050. The van der Waals surface area contributed by atoms with E-state index in [2.05, 4.69) is 14.9 Å². The minimum absolute atomic E-state index is 0.0934. The first kappa shape index (κ1) is 18.1. The lowest BCUT2D eigenvalue weighted by Gasteiger charge is -2.34. The molecule has 8 heteroatoms. The first-order valence-corrected chi connectivity index (χ1v) is 9.88. The molecule has 1 aromatic carbocycles. The van der Waals surface area contributed by atoms with Gasteiger partial charge in [-0.15, -0.1) is 0 Å². The maximum Gasteiger partial charge on any atom is 0.244 e. The molecule has 148 valence electrons. The molecule has 2 aliphatic heterocycles. The number of amides is 1. The van der Waals surface area contributed by atoms with Gasteiger partial charge in [0.25, 0.3) is 0 Å². The summed E-state index contributed by atoms with van der Waals surface area (Å²) in [5.74, 6) is 1.39. The Morgan fingerprint density at radius 3 is 2.79 bits per heavy atom. The van der Waals surface area contributed by atoms with Gasteiger partial charge in [0.2, 0.25) is 11.9 Å². The number of likely N-dealkylation sites (tertiary alicyclic amines) is 1. The molecular weight excluding hydrogens is 390 g/mol. The fourth-order valence-corrected chi connectivity index (χ4v) is 4.54. The number of fused-ring (bicyclic) bond motifs is 2. The molecule has 0 saturated carbocycles. The molecule has 7 nitrogen and oxygen atoms in total. The Morgan fingerprint density at radius 2 is 2.03 bits per heavy atom. The summed E-state index contributed by atoms with van der Waals surface area (Å²) < 4.78 is 7.43. The van der Waals surface area contributed by atoms with Gasteiger partial charge < -0.3 is 9.64 Å². The van der Waals surface area contributed by atoms with Crippen molar-refractivity contribution >= 4 is 23.2 Å². The highest BCUT2D eigenvalue weighted by Crippen LogP contribution is 2.41. The Hall–Kier alpha value is -2.90. The smallest absolute Gasteiger partial charge is 0.244 e. The van der Waals surface area contributed by atoms with Gasteiger partial charge in [0.05, 0.1) is 24.9 Å². The van der Waals surface area contributed by atoms with Crippen molar-refractivity contribution < 1.29 is 9.53 Å². The highest BCUT2D eigenvalue weighted by molar-refractivity contribution is 6.31. The molecule has 2 atom stereocenters. The second-order valence-corrected chi connectivity index (χ2v) is 7.71. The standard InChI is InChI=1S/C21H20ClN5O2/c1-29-19-6-5-14(22)10-17(19)27-16-11-18(20(27)28)25(13-16)12-15-4-2-9-26(15)21-23-7-3-8-24-21/h2-10,16,18H,11-13H2,1H3/t16-,18-/m0/s1. The van der Waals surface area contributed by atoms with E-state index in [1.807, 2.05) is 27.8 Å². The van der Waals surface area contributed by atoms with Crippen molar-refractivity contribution in [2.24, 2.45) is 0 Å². The van der Waals surface area contributed by atoms with E-state index in [4.69, 9.17) is 16.3 Å². The van der Waals surface area contributed by atoms with Crippen LogP contribution in [0.2, 0.25) is 5.02 Å². The number of rotatable bonds is 5. The summed E-state index contributed by atoms with van der Waals surface area (Å²) in [6.07, 6.45) is 6.20. The van der Waals surface area contributed by atoms with Crippen LogP contribution in [0.15, 0.2) is 55.0 Å². The zero-order valence-corrected chi connectivity index (χ0v) is 16.7. The molecule has 2 fully saturated rings. The topological polar surface area (TPSA) is 63.5 Å². The van der Waals surface area contributed by atoms with Crippen LogP contribution in [0, 0.1) is 0 Å². The summed E-state index contributed by atoms with van der Waals surface area (Å²) in [6, 6.07) is 11.2. The number of piperazine rings is 1. The summed E-state index contributed by atoms with van der Waals surface area (Å²) in [5.41, 5.74) is 1.81. The van der Waals surface area contributed by atoms with Crippen LogP contribution in [0.3, 0.4) is 0 Å². The summed E-state index contributed by atoms with van der Waals surface area (Å²) in [7, 11) is 1.61. The van der Waals surface area contributed by atoms with Crippen LogP contribution in [0.4, 0.5) is 5.69 Å². The van der Waals surface area contributed by atoms with Crippen molar-refractivity contribution in [3.8, 4) is 11.7 Å². The number of methoxy groups -OCH3 is 1.